The highest BCUT2D eigenvalue weighted by Gasteiger charge is 2.39. The van der Waals surface area contributed by atoms with Gasteiger partial charge in [0.05, 0.1) is 11.6 Å². The molecule has 3 aromatic heterocycles. The Bertz CT molecular complexity index is 1590. The van der Waals surface area contributed by atoms with Crippen LogP contribution in [0.1, 0.15) is 17.7 Å². The van der Waals surface area contributed by atoms with E-state index < -0.39 is 36.6 Å². The Hall–Kier alpha value is -3.95. The summed E-state index contributed by atoms with van der Waals surface area (Å²) in [4.78, 5) is 33.4. The minimum Gasteiger partial charge on any atom is -0.447 e. The van der Waals surface area contributed by atoms with Gasteiger partial charge in [-0.3, -0.25) is 4.57 Å². The number of carbonyl (C=O) groups is 1. The van der Waals surface area contributed by atoms with E-state index in [0.717, 1.165) is 4.68 Å². The van der Waals surface area contributed by atoms with E-state index in [1.165, 1.54) is 35.1 Å². The number of carbonyl (C=O) groups excluding carboxylic acids is 1. The number of alkyl carbamates (subject to hydrolysis) is 1. The van der Waals surface area contributed by atoms with Gasteiger partial charge in [-0.2, -0.15) is 17.9 Å². The van der Waals surface area contributed by atoms with Crippen molar-refractivity contribution in [3.63, 3.8) is 0 Å². The first-order valence-electron chi connectivity index (χ1n) is 11.2. The van der Waals surface area contributed by atoms with Crippen molar-refractivity contribution in [1.29, 1.82) is 0 Å². The summed E-state index contributed by atoms with van der Waals surface area (Å²) in [5, 5.41) is 21.4. The molecule has 0 radical (unpaired) electrons. The third-order valence-electron chi connectivity index (χ3n) is 5.65. The zero-order valence-corrected chi connectivity index (χ0v) is 21.0. The Kier molecular flexibility index (Phi) is 7.05. The maximum Gasteiger partial charge on any atom is 0.416 e. The van der Waals surface area contributed by atoms with Crippen LogP contribution in [0.3, 0.4) is 0 Å². The molecule has 1 aromatic carbocycles. The third kappa shape index (κ3) is 5.46. The average Bonchev–Trinajstić information content (AvgIpc) is 3.58. The molecule has 4 aromatic rings. The summed E-state index contributed by atoms with van der Waals surface area (Å²) in [5.74, 6) is 0.249. The second-order valence-corrected chi connectivity index (χ2v) is 9.18. The molecule has 2 atom stereocenters. The number of pyridine rings is 1. The number of aliphatic hydroxyl groups excluding tert-OH is 1. The van der Waals surface area contributed by atoms with Crippen LogP contribution >= 0.6 is 23.2 Å². The minimum absolute atomic E-state index is 0.0126. The van der Waals surface area contributed by atoms with Crippen LogP contribution in [0.15, 0.2) is 47.4 Å². The highest BCUT2D eigenvalue weighted by Crippen LogP contribution is 2.25. The molecule has 1 saturated heterocycles. The van der Waals surface area contributed by atoms with E-state index >= 15 is 0 Å². The smallest absolute Gasteiger partial charge is 0.416 e. The van der Waals surface area contributed by atoms with Crippen molar-refractivity contribution in [1.82, 2.24) is 39.4 Å². The van der Waals surface area contributed by atoms with E-state index in [2.05, 4.69) is 25.5 Å². The van der Waals surface area contributed by atoms with Gasteiger partial charge in [-0.15, -0.1) is 10.2 Å². The monoisotopic (exact) mass is 584 g/mol. The van der Waals surface area contributed by atoms with E-state index in [4.69, 9.17) is 27.9 Å². The van der Waals surface area contributed by atoms with Gasteiger partial charge in [-0.25, -0.2) is 24.2 Å². The molecule has 204 valence electrons. The molecule has 1 fully saturated rings. The zero-order valence-electron chi connectivity index (χ0n) is 19.5. The van der Waals surface area contributed by atoms with Gasteiger partial charge in [-0.1, -0.05) is 23.2 Å². The van der Waals surface area contributed by atoms with E-state index in [1.807, 2.05) is 0 Å². The number of aromatic nitrogens is 7. The van der Waals surface area contributed by atoms with Crippen molar-refractivity contribution in [2.24, 2.45) is 0 Å². The average molecular weight is 585 g/mol. The molecule has 39 heavy (non-hydrogen) atoms. The topological polar surface area (TPSA) is 142 Å². The molecular formula is C22H17Cl2F3N8O4. The van der Waals surface area contributed by atoms with Gasteiger partial charge in [-0.05, 0) is 36.4 Å². The molecule has 2 N–H and O–H groups in total. The van der Waals surface area contributed by atoms with Crippen molar-refractivity contribution in [3.8, 4) is 17.2 Å². The summed E-state index contributed by atoms with van der Waals surface area (Å²) in [6.07, 6.45) is -7.00. The number of ether oxygens (including phenoxy) is 1. The number of aliphatic hydroxyl groups is 1. The molecule has 0 aliphatic carbocycles. The van der Waals surface area contributed by atoms with Crippen LogP contribution in [0.25, 0.3) is 17.2 Å². The summed E-state index contributed by atoms with van der Waals surface area (Å²) in [7, 11) is 0. The summed E-state index contributed by atoms with van der Waals surface area (Å²) in [6, 6.07) is 8.35. The van der Waals surface area contributed by atoms with Crippen LogP contribution in [0.5, 0.6) is 0 Å². The number of cyclic esters (lactones) is 1. The quantitative estimate of drug-likeness (QED) is 0.337. The van der Waals surface area contributed by atoms with Gasteiger partial charge in [0, 0.05) is 16.8 Å². The summed E-state index contributed by atoms with van der Waals surface area (Å²) in [6.45, 7) is -1.53. The highest BCUT2D eigenvalue weighted by atomic mass is 35.5. The molecule has 1 amide bonds. The van der Waals surface area contributed by atoms with E-state index in [-0.39, 0.29) is 47.0 Å². The fourth-order valence-corrected chi connectivity index (χ4v) is 4.13. The summed E-state index contributed by atoms with van der Waals surface area (Å²) < 4.78 is 47.2. The number of hydrogen-bond donors (Lipinski definition) is 2. The van der Waals surface area contributed by atoms with Crippen molar-refractivity contribution in [2.45, 2.75) is 31.4 Å². The maximum atomic E-state index is 13.2. The number of amides is 1. The predicted molar refractivity (Wildman–Crippen MR) is 129 cm³/mol. The van der Waals surface area contributed by atoms with E-state index in [0.29, 0.717) is 9.59 Å². The Morgan fingerprint density at radius 3 is 2.54 bits per heavy atom. The van der Waals surface area contributed by atoms with E-state index in [1.54, 1.807) is 12.1 Å². The van der Waals surface area contributed by atoms with Gasteiger partial charge < -0.3 is 15.2 Å². The Labute approximate surface area is 226 Å². The van der Waals surface area contributed by atoms with Crippen LogP contribution in [0.2, 0.25) is 10.0 Å². The fourth-order valence-electron chi connectivity index (χ4n) is 3.81. The maximum absolute atomic E-state index is 13.2. The molecule has 12 nitrogen and oxygen atoms in total. The normalized spacial score (nSPS) is 16.3. The number of benzene rings is 1. The first kappa shape index (κ1) is 26.6. The van der Waals surface area contributed by atoms with Gasteiger partial charge in [0.1, 0.15) is 19.2 Å². The largest absolute Gasteiger partial charge is 0.447 e. The lowest BCUT2D eigenvalue weighted by atomic mass is 10.2. The lowest BCUT2D eigenvalue weighted by Gasteiger charge is -2.15. The highest BCUT2D eigenvalue weighted by molar-refractivity contribution is 6.32. The van der Waals surface area contributed by atoms with Gasteiger partial charge >= 0.3 is 18.0 Å². The zero-order chi connectivity index (χ0) is 27.9. The molecule has 0 bridgehead atoms. The van der Waals surface area contributed by atoms with Gasteiger partial charge in [0.15, 0.2) is 29.4 Å². The van der Waals surface area contributed by atoms with Crippen molar-refractivity contribution in [3.05, 3.63) is 74.8 Å². The second kappa shape index (κ2) is 10.3. The summed E-state index contributed by atoms with van der Waals surface area (Å²) in [5.41, 5.74) is -0.663. The SMILES string of the molecule is O=C1NC(c2nc(Cn3nc(-c4ccc(Cl)cc4)n(C[C@H](O)C(F)(F)F)c3=O)nn2-c2ncccc2Cl)CO1. The first-order chi connectivity index (χ1) is 18.5. The van der Waals surface area contributed by atoms with Crippen LogP contribution in [0, 0.1) is 0 Å². The molecular weight excluding hydrogens is 568 g/mol. The van der Waals surface area contributed by atoms with Crippen LogP contribution < -0.4 is 11.0 Å². The van der Waals surface area contributed by atoms with Gasteiger partial charge in [0.2, 0.25) is 0 Å². The standard InChI is InChI=1S/C22H17Cl2F3N8O4/c23-12-5-3-11(4-6-12)17-32-34(21(38)33(17)8-15(36)22(25,26)27)9-16-30-19(14-10-39-20(37)29-14)35(31-16)18-13(24)2-1-7-28-18/h1-7,14-15,36H,8-10H2,(H,29,37)/t14?,15-/m0/s1. The number of nitrogens with zero attached hydrogens (tertiary/aromatic N) is 7. The third-order valence-corrected chi connectivity index (χ3v) is 6.20. The number of alkyl halides is 3. The molecule has 4 heterocycles. The molecule has 1 aliphatic heterocycles. The molecule has 1 aliphatic rings. The molecule has 1 unspecified atom stereocenters. The van der Waals surface area contributed by atoms with Crippen LogP contribution in [0.4, 0.5) is 18.0 Å². The molecule has 5 rings (SSSR count). The van der Waals surface area contributed by atoms with Crippen molar-refractivity contribution in [2.75, 3.05) is 6.61 Å². The second-order valence-electron chi connectivity index (χ2n) is 8.34. The van der Waals surface area contributed by atoms with Crippen LogP contribution in [-0.4, -0.2) is 64.2 Å². The molecule has 0 saturated carbocycles. The van der Waals surface area contributed by atoms with Gasteiger partial charge in [0.25, 0.3) is 0 Å². The Morgan fingerprint density at radius 2 is 1.90 bits per heavy atom. The molecule has 0 spiro atoms. The van der Waals surface area contributed by atoms with Crippen molar-refractivity contribution < 1.29 is 27.8 Å². The minimum atomic E-state index is -4.97. The summed E-state index contributed by atoms with van der Waals surface area (Å²) >= 11 is 12.2. The molecule has 17 heteroatoms. The Morgan fingerprint density at radius 1 is 1.15 bits per heavy atom. The van der Waals surface area contributed by atoms with Crippen LogP contribution in [-0.2, 0) is 17.8 Å². The lowest BCUT2D eigenvalue weighted by molar-refractivity contribution is -0.207. The number of nitrogens with one attached hydrogen (secondary N) is 1. The Balaban J connectivity index is 1.57. The fraction of sp³-hybridized carbons (Fsp3) is 0.273. The number of halogens is 5. The first-order valence-corrected chi connectivity index (χ1v) is 11.9. The van der Waals surface area contributed by atoms with Crippen molar-refractivity contribution >= 4 is 29.3 Å². The number of rotatable bonds is 7. The predicted octanol–water partition coefficient (Wildman–Crippen LogP) is 2.75. The number of hydrogen-bond acceptors (Lipinski definition) is 8. The van der Waals surface area contributed by atoms with E-state index in [9.17, 15) is 27.9 Å². The lowest BCUT2D eigenvalue weighted by Crippen LogP contribution is -2.37.